The van der Waals surface area contributed by atoms with E-state index in [1.807, 2.05) is 0 Å². The van der Waals surface area contributed by atoms with Crippen LogP contribution in [0.15, 0.2) is 10.4 Å². The van der Waals surface area contributed by atoms with Crippen LogP contribution in [0, 0.1) is 0 Å². The molecule has 0 radical (unpaired) electrons. The second-order valence-electron chi connectivity index (χ2n) is 5.91. The molecule has 7 heteroatoms. The number of guanidine groups is 1. The van der Waals surface area contributed by atoms with Crippen LogP contribution in [0.3, 0.4) is 0 Å². The van der Waals surface area contributed by atoms with E-state index in [9.17, 15) is 0 Å². The molecule has 1 atom stereocenters. The lowest BCUT2D eigenvalue weighted by Crippen LogP contribution is -2.42. The Morgan fingerprint density at radius 1 is 1.35 bits per heavy atom. The van der Waals surface area contributed by atoms with Crippen molar-refractivity contribution < 1.29 is 0 Å². The normalized spacial score (nSPS) is 13.1. The predicted molar refractivity (Wildman–Crippen MR) is 112 cm³/mol. The Bertz CT molecular complexity index is 461. The minimum Gasteiger partial charge on any atom is -0.355 e. The average Bonchev–Trinajstić information content (AvgIpc) is 2.98. The summed E-state index contributed by atoms with van der Waals surface area (Å²) in [6.07, 6.45) is 1.17. The molecule has 2 N–H and O–H groups in total. The zero-order chi connectivity index (χ0) is 16.5. The van der Waals surface area contributed by atoms with Gasteiger partial charge in [0.05, 0.1) is 12.2 Å². The number of aliphatic imine (C=N–C) groups is 1. The predicted octanol–water partition coefficient (Wildman–Crippen LogP) is 3.28. The van der Waals surface area contributed by atoms with Crippen molar-refractivity contribution in [1.82, 2.24) is 20.5 Å². The van der Waals surface area contributed by atoms with Crippen LogP contribution in [0.2, 0.25) is 0 Å². The molecule has 0 amide bonds. The second-order valence-corrected chi connectivity index (χ2v) is 6.85. The van der Waals surface area contributed by atoms with Gasteiger partial charge in [-0.15, -0.1) is 35.3 Å². The molecule has 5 nitrogen and oxygen atoms in total. The summed E-state index contributed by atoms with van der Waals surface area (Å²) in [6.45, 7) is 11.4. The Hall–Kier alpha value is -0.410. The van der Waals surface area contributed by atoms with E-state index in [-0.39, 0.29) is 24.0 Å². The second kappa shape index (κ2) is 12.0. The number of thiazole rings is 1. The van der Waals surface area contributed by atoms with Gasteiger partial charge in [-0.2, -0.15) is 0 Å². The van der Waals surface area contributed by atoms with Crippen molar-refractivity contribution >= 4 is 41.3 Å². The van der Waals surface area contributed by atoms with E-state index in [4.69, 9.17) is 0 Å². The van der Waals surface area contributed by atoms with Crippen molar-refractivity contribution in [1.29, 1.82) is 0 Å². The molecule has 23 heavy (non-hydrogen) atoms. The van der Waals surface area contributed by atoms with E-state index in [0.29, 0.717) is 12.0 Å². The largest absolute Gasteiger partial charge is 0.355 e. The molecular weight excluding hydrogens is 421 g/mol. The molecule has 1 unspecified atom stereocenters. The molecule has 1 aromatic heterocycles. The Labute approximate surface area is 162 Å². The van der Waals surface area contributed by atoms with Gasteiger partial charge < -0.3 is 15.5 Å². The molecule has 0 aliphatic rings. The number of rotatable bonds is 8. The highest BCUT2D eigenvalue weighted by Gasteiger charge is 2.08. The molecule has 1 rings (SSSR count). The molecule has 0 spiro atoms. The van der Waals surface area contributed by atoms with Crippen molar-refractivity contribution in [2.75, 3.05) is 27.2 Å². The van der Waals surface area contributed by atoms with Gasteiger partial charge in [-0.3, -0.25) is 4.99 Å². The zero-order valence-corrected chi connectivity index (χ0v) is 18.4. The smallest absolute Gasteiger partial charge is 0.191 e. The summed E-state index contributed by atoms with van der Waals surface area (Å²) in [4.78, 5) is 11.2. The summed E-state index contributed by atoms with van der Waals surface area (Å²) >= 11 is 1.70. The SMILES string of the molecule is CCC(C)N(C)CCNC(=NC)NCc1nc(C(C)C)cs1.I. The monoisotopic (exact) mass is 453 g/mol. The summed E-state index contributed by atoms with van der Waals surface area (Å²) in [6, 6.07) is 0.613. The molecule has 0 saturated heterocycles. The van der Waals surface area contributed by atoms with Crippen molar-refractivity contribution in [3.05, 3.63) is 16.1 Å². The quantitative estimate of drug-likeness (QED) is 0.361. The molecule has 0 bridgehead atoms. The van der Waals surface area contributed by atoms with Gasteiger partial charge in [-0.1, -0.05) is 20.8 Å². The summed E-state index contributed by atoms with van der Waals surface area (Å²) < 4.78 is 0. The number of aromatic nitrogens is 1. The Balaban J connectivity index is 0.00000484. The van der Waals surface area contributed by atoms with Crippen molar-refractivity contribution in [3.8, 4) is 0 Å². The van der Waals surface area contributed by atoms with E-state index in [0.717, 1.165) is 30.6 Å². The third kappa shape index (κ3) is 8.30. The van der Waals surface area contributed by atoms with Gasteiger partial charge in [0.1, 0.15) is 5.01 Å². The van der Waals surface area contributed by atoms with Gasteiger partial charge in [0, 0.05) is 31.6 Å². The number of hydrogen-bond donors (Lipinski definition) is 2. The van der Waals surface area contributed by atoms with E-state index < -0.39 is 0 Å². The van der Waals surface area contributed by atoms with Gasteiger partial charge in [-0.25, -0.2) is 4.98 Å². The Morgan fingerprint density at radius 2 is 2.04 bits per heavy atom. The van der Waals surface area contributed by atoms with Crippen LogP contribution in [-0.4, -0.2) is 49.1 Å². The molecule has 0 fully saturated rings. The number of nitrogens with zero attached hydrogens (tertiary/aromatic N) is 3. The number of halogens is 1. The molecule has 0 saturated carbocycles. The van der Waals surface area contributed by atoms with Gasteiger partial charge in [-0.05, 0) is 26.3 Å². The van der Waals surface area contributed by atoms with Crippen molar-refractivity contribution in [2.45, 2.75) is 52.6 Å². The van der Waals surface area contributed by atoms with Gasteiger partial charge in [0.15, 0.2) is 5.96 Å². The van der Waals surface area contributed by atoms with Crippen LogP contribution < -0.4 is 10.6 Å². The molecular formula is C16H32IN5S. The lowest BCUT2D eigenvalue weighted by atomic mass is 10.2. The van der Waals surface area contributed by atoms with Crippen LogP contribution in [0.5, 0.6) is 0 Å². The molecule has 134 valence electrons. The van der Waals surface area contributed by atoms with Crippen LogP contribution in [0.4, 0.5) is 0 Å². The molecule has 1 aromatic rings. The lowest BCUT2D eigenvalue weighted by Gasteiger charge is -2.23. The van der Waals surface area contributed by atoms with Crippen LogP contribution in [0.1, 0.15) is 50.7 Å². The highest BCUT2D eigenvalue weighted by Crippen LogP contribution is 2.17. The molecule has 1 heterocycles. The Morgan fingerprint density at radius 3 is 2.57 bits per heavy atom. The lowest BCUT2D eigenvalue weighted by molar-refractivity contribution is 0.255. The molecule has 0 aliphatic carbocycles. The summed E-state index contributed by atoms with van der Waals surface area (Å²) in [5.41, 5.74) is 1.17. The average molecular weight is 453 g/mol. The topological polar surface area (TPSA) is 52.5 Å². The number of nitrogens with one attached hydrogen (secondary N) is 2. The van der Waals surface area contributed by atoms with E-state index >= 15 is 0 Å². The maximum absolute atomic E-state index is 4.62. The highest BCUT2D eigenvalue weighted by atomic mass is 127. The van der Waals surface area contributed by atoms with E-state index in [1.54, 1.807) is 18.4 Å². The van der Waals surface area contributed by atoms with E-state index in [1.165, 1.54) is 12.1 Å². The maximum atomic E-state index is 4.62. The summed E-state index contributed by atoms with van der Waals surface area (Å²) in [7, 11) is 3.96. The zero-order valence-electron chi connectivity index (χ0n) is 15.2. The maximum Gasteiger partial charge on any atom is 0.191 e. The van der Waals surface area contributed by atoms with Crippen LogP contribution in [0.25, 0.3) is 0 Å². The fourth-order valence-electron chi connectivity index (χ4n) is 1.93. The Kier molecular flexibility index (Phi) is 11.8. The minimum atomic E-state index is 0. The van der Waals surface area contributed by atoms with Gasteiger partial charge >= 0.3 is 0 Å². The number of hydrogen-bond acceptors (Lipinski definition) is 4. The first kappa shape index (κ1) is 22.6. The third-order valence-corrected chi connectivity index (χ3v) is 4.76. The summed E-state index contributed by atoms with van der Waals surface area (Å²) in [5.74, 6) is 1.32. The van der Waals surface area contributed by atoms with Gasteiger partial charge in [0.25, 0.3) is 0 Å². The first-order chi connectivity index (χ1) is 10.5. The molecule has 0 aromatic carbocycles. The number of likely N-dealkylation sites (N-methyl/N-ethyl adjacent to an activating group) is 1. The molecule has 0 aliphatic heterocycles. The van der Waals surface area contributed by atoms with E-state index in [2.05, 4.69) is 65.6 Å². The first-order valence-corrected chi connectivity index (χ1v) is 8.94. The first-order valence-electron chi connectivity index (χ1n) is 8.06. The highest BCUT2D eigenvalue weighted by molar-refractivity contribution is 14.0. The fraction of sp³-hybridized carbons (Fsp3) is 0.750. The van der Waals surface area contributed by atoms with Crippen molar-refractivity contribution in [3.63, 3.8) is 0 Å². The third-order valence-electron chi connectivity index (χ3n) is 3.89. The minimum absolute atomic E-state index is 0. The van der Waals surface area contributed by atoms with Crippen LogP contribution in [-0.2, 0) is 6.54 Å². The standard InChI is InChI=1S/C16H31N5S.HI/c1-7-13(4)21(6)9-8-18-16(17-5)19-10-15-20-14(11-22-15)12(2)3;/h11-13H,7-10H2,1-6H3,(H2,17,18,19);1H. The fourth-order valence-corrected chi connectivity index (χ4v) is 2.83. The van der Waals surface area contributed by atoms with Crippen LogP contribution >= 0.6 is 35.3 Å². The van der Waals surface area contributed by atoms with Gasteiger partial charge in [0.2, 0.25) is 0 Å². The summed E-state index contributed by atoms with van der Waals surface area (Å²) in [5, 5.41) is 9.91. The van der Waals surface area contributed by atoms with Crippen molar-refractivity contribution in [2.24, 2.45) is 4.99 Å².